The molecule has 2 heterocycles. The second-order valence-electron chi connectivity index (χ2n) is 11.0. The van der Waals surface area contributed by atoms with E-state index < -0.39 is 0 Å². The van der Waals surface area contributed by atoms with Crippen molar-refractivity contribution in [1.82, 2.24) is 19.5 Å². The van der Waals surface area contributed by atoms with Crippen molar-refractivity contribution in [3.05, 3.63) is 162 Å². The van der Waals surface area contributed by atoms with Gasteiger partial charge in [-0.2, -0.15) is 0 Å². The predicted octanol–water partition coefficient (Wildman–Crippen LogP) is 9.54. The highest BCUT2D eigenvalue weighted by molar-refractivity contribution is 6.12. The number of nitro groups is 1. The lowest BCUT2D eigenvalue weighted by atomic mass is 9.96. The molecule has 0 N–H and O–H groups in total. The van der Waals surface area contributed by atoms with E-state index in [1.807, 2.05) is 103 Å². The Bertz CT molecular complexity index is 2340. The van der Waals surface area contributed by atoms with E-state index in [4.69, 9.17) is 15.0 Å². The van der Waals surface area contributed by atoms with Crippen LogP contribution in [0.4, 0.5) is 5.69 Å². The zero-order valence-corrected chi connectivity index (χ0v) is 24.5. The maximum atomic E-state index is 11.9. The molecule has 0 aliphatic carbocycles. The topological polar surface area (TPSA) is 86.7 Å². The van der Waals surface area contributed by atoms with Gasteiger partial charge in [-0.1, -0.05) is 115 Å². The Hall–Kier alpha value is -6.47. The number of nitro benzene ring substituents is 1. The van der Waals surface area contributed by atoms with Crippen LogP contribution in [0.3, 0.4) is 0 Å². The van der Waals surface area contributed by atoms with Gasteiger partial charge in [-0.3, -0.25) is 10.1 Å². The van der Waals surface area contributed by atoms with Crippen molar-refractivity contribution in [1.29, 1.82) is 0 Å². The van der Waals surface area contributed by atoms with Crippen LogP contribution in [-0.2, 0) is 0 Å². The van der Waals surface area contributed by atoms with E-state index in [0.717, 1.165) is 49.6 Å². The lowest BCUT2D eigenvalue weighted by Gasteiger charge is -2.13. The summed E-state index contributed by atoms with van der Waals surface area (Å²) in [7, 11) is 0. The highest BCUT2D eigenvalue weighted by Gasteiger charge is 2.18. The fourth-order valence-corrected chi connectivity index (χ4v) is 6.03. The third-order valence-electron chi connectivity index (χ3n) is 8.18. The summed E-state index contributed by atoms with van der Waals surface area (Å²) in [5, 5.41) is 14.9. The van der Waals surface area contributed by atoms with Crippen LogP contribution in [0.5, 0.6) is 0 Å². The van der Waals surface area contributed by atoms with Gasteiger partial charge in [0.1, 0.15) is 0 Å². The van der Waals surface area contributed by atoms with E-state index in [1.165, 1.54) is 0 Å². The number of fused-ring (bicyclic) bond motifs is 3. The molecule has 0 spiro atoms. The first-order chi connectivity index (χ1) is 22.6. The van der Waals surface area contributed by atoms with Crippen LogP contribution in [0.25, 0.3) is 72.7 Å². The number of nitrogens with zero attached hydrogens (tertiary/aromatic N) is 5. The third-order valence-corrected chi connectivity index (χ3v) is 8.18. The second kappa shape index (κ2) is 11.2. The summed E-state index contributed by atoms with van der Waals surface area (Å²) in [5.74, 6) is 1.79. The van der Waals surface area contributed by atoms with Crippen molar-refractivity contribution in [3.8, 4) is 51.0 Å². The molecule has 0 aliphatic rings. The molecule has 0 unspecified atom stereocenters. The minimum Gasteiger partial charge on any atom is -0.316 e. The van der Waals surface area contributed by atoms with Gasteiger partial charge in [0.05, 0.1) is 16.0 Å². The summed E-state index contributed by atoms with van der Waals surface area (Å²) in [6.45, 7) is 0. The van der Waals surface area contributed by atoms with Crippen LogP contribution >= 0.6 is 0 Å². The van der Waals surface area contributed by atoms with Gasteiger partial charge in [0.25, 0.3) is 5.69 Å². The van der Waals surface area contributed by atoms with Gasteiger partial charge in [0.2, 0.25) is 0 Å². The minimum absolute atomic E-state index is 0.0836. The highest BCUT2D eigenvalue weighted by Crippen LogP contribution is 2.38. The fourth-order valence-electron chi connectivity index (χ4n) is 6.03. The van der Waals surface area contributed by atoms with Crippen molar-refractivity contribution in [2.24, 2.45) is 0 Å². The second-order valence-corrected chi connectivity index (χ2v) is 11.0. The number of para-hydroxylation sites is 1. The van der Waals surface area contributed by atoms with E-state index in [9.17, 15) is 10.1 Å². The van der Waals surface area contributed by atoms with E-state index >= 15 is 0 Å². The first-order valence-corrected chi connectivity index (χ1v) is 14.9. The molecule has 0 amide bonds. The molecule has 8 aromatic rings. The first-order valence-electron chi connectivity index (χ1n) is 14.9. The SMILES string of the molecule is O=[N+]([O-])c1ccccc1-c1cccc2c1ccc1ccn(-c3cccc(-c4nc(-c5ccccc5)nc(-c5ccccc5)n4)c3)c12. The number of rotatable bonds is 6. The molecular formula is C39H25N5O2. The van der Waals surface area contributed by atoms with E-state index in [-0.39, 0.29) is 10.6 Å². The molecule has 0 bridgehead atoms. The molecule has 0 saturated carbocycles. The molecule has 2 aromatic heterocycles. The monoisotopic (exact) mass is 595 g/mol. The molecule has 218 valence electrons. The smallest absolute Gasteiger partial charge is 0.277 e. The maximum Gasteiger partial charge on any atom is 0.277 e. The molecular weight excluding hydrogens is 570 g/mol. The molecule has 0 radical (unpaired) electrons. The van der Waals surface area contributed by atoms with Crippen molar-refractivity contribution in [3.63, 3.8) is 0 Å². The molecule has 8 rings (SSSR count). The Labute approximate surface area is 264 Å². The van der Waals surface area contributed by atoms with Crippen molar-refractivity contribution < 1.29 is 4.92 Å². The maximum absolute atomic E-state index is 11.9. The van der Waals surface area contributed by atoms with Gasteiger partial charge < -0.3 is 4.57 Å². The number of hydrogen-bond donors (Lipinski definition) is 0. The predicted molar refractivity (Wildman–Crippen MR) is 183 cm³/mol. The average Bonchev–Trinajstić information content (AvgIpc) is 3.57. The standard InChI is InChI=1S/C39H25N5O2/c45-44(46)35-20-8-7-17-33(35)31-18-10-19-34-32(31)22-21-26-23-24-43(36(26)34)30-16-9-15-29(25-30)39-41-37(27-11-3-1-4-12-27)40-38(42-39)28-13-5-2-6-14-28/h1-25H. The normalized spacial score (nSPS) is 11.2. The fraction of sp³-hybridized carbons (Fsp3) is 0. The largest absolute Gasteiger partial charge is 0.316 e. The lowest BCUT2D eigenvalue weighted by Crippen LogP contribution is -2.01. The van der Waals surface area contributed by atoms with Crippen molar-refractivity contribution >= 4 is 27.4 Å². The number of benzene rings is 6. The molecule has 0 atom stereocenters. The average molecular weight is 596 g/mol. The molecule has 7 nitrogen and oxygen atoms in total. The molecule has 0 fully saturated rings. The van der Waals surface area contributed by atoms with Crippen LogP contribution < -0.4 is 0 Å². The zero-order chi connectivity index (χ0) is 31.0. The summed E-state index contributed by atoms with van der Waals surface area (Å²) in [4.78, 5) is 26.2. The summed E-state index contributed by atoms with van der Waals surface area (Å²) in [6.07, 6.45) is 2.05. The minimum atomic E-state index is -0.325. The summed E-state index contributed by atoms with van der Waals surface area (Å²) < 4.78 is 2.15. The first kappa shape index (κ1) is 27.1. The van der Waals surface area contributed by atoms with Crippen LogP contribution in [0.1, 0.15) is 0 Å². The molecule has 7 heteroatoms. The van der Waals surface area contributed by atoms with E-state index in [0.29, 0.717) is 23.0 Å². The van der Waals surface area contributed by atoms with Crippen LogP contribution in [0, 0.1) is 10.1 Å². The number of aromatic nitrogens is 4. The highest BCUT2D eigenvalue weighted by atomic mass is 16.6. The van der Waals surface area contributed by atoms with Gasteiger partial charge in [-0.05, 0) is 35.2 Å². The van der Waals surface area contributed by atoms with Gasteiger partial charge >= 0.3 is 0 Å². The number of hydrogen-bond acceptors (Lipinski definition) is 5. The van der Waals surface area contributed by atoms with Gasteiger partial charge in [-0.15, -0.1) is 0 Å². The molecule has 6 aromatic carbocycles. The Kier molecular flexibility index (Phi) is 6.61. The Morgan fingerprint density at radius 1 is 0.522 bits per heavy atom. The Morgan fingerprint density at radius 2 is 1.11 bits per heavy atom. The Morgan fingerprint density at radius 3 is 1.80 bits per heavy atom. The quantitative estimate of drug-likeness (QED) is 0.141. The van der Waals surface area contributed by atoms with E-state index in [2.05, 4.69) is 41.1 Å². The van der Waals surface area contributed by atoms with Gasteiger partial charge in [0.15, 0.2) is 17.5 Å². The zero-order valence-electron chi connectivity index (χ0n) is 24.5. The van der Waals surface area contributed by atoms with Crippen LogP contribution in [0.2, 0.25) is 0 Å². The van der Waals surface area contributed by atoms with Crippen molar-refractivity contribution in [2.45, 2.75) is 0 Å². The van der Waals surface area contributed by atoms with Gasteiger partial charge in [-0.25, -0.2) is 15.0 Å². The van der Waals surface area contributed by atoms with Gasteiger partial charge in [0, 0.05) is 45.4 Å². The van der Waals surface area contributed by atoms with Crippen LogP contribution in [0.15, 0.2) is 152 Å². The lowest BCUT2D eigenvalue weighted by molar-refractivity contribution is -0.384. The molecule has 0 aliphatic heterocycles. The molecule has 0 saturated heterocycles. The summed E-state index contributed by atoms with van der Waals surface area (Å²) in [6, 6.07) is 47.1. The summed E-state index contributed by atoms with van der Waals surface area (Å²) in [5.41, 5.74) is 6.14. The van der Waals surface area contributed by atoms with Crippen molar-refractivity contribution in [2.75, 3.05) is 0 Å². The third kappa shape index (κ3) is 4.76. The Balaban J connectivity index is 1.29. The van der Waals surface area contributed by atoms with E-state index in [1.54, 1.807) is 12.1 Å². The van der Waals surface area contributed by atoms with Crippen LogP contribution in [-0.4, -0.2) is 24.4 Å². The molecule has 46 heavy (non-hydrogen) atoms. The summed E-state index contributed by atoms with van der Waals surface area (Å²) >= 11 is 0.